The number of likely N-dealkylation sites (N-methyl/N-ethyl adjacent to an activating group) is 2. The van der Waals surface area contributed by atoms with Crippen LogP contribution in [0.1, 0.15) is 12.6 Å². The highest BCUT2D eigenvalue weighted by molar-refractivity contribution is 5.10. The molecule has 3 heterocycles. The van der Waals surface area contributed by atoms with Crippen molar-refractivity contribution in [3.8, 4) is 0 Å². The maximum absolute atomic E-state index is 10.8. The molecule has 10 heteroatoms. The Morgan fingerprint density at radius 1 is 1.13 bits per heavy atom. The lowest BCUT2D eigenvalue weighted by Crippen LogP contribution is -2.78. The molecular formula is C20H34N4O6. The van der Waals surface area contributed by atoms with E-state index in [1.807, 2.05) is 36.9 Å². The molecule has 10 nitrogen and oxygen atoms in total. The molecule has 0 amide bonds. The zero-order valence-corrected chi connectivity index (χ0v) is 17.9. The normalized spacial score (nSPS) is 43.8. The van der Waals surface area contributed by atoms with Gasteiger partial charge in [0.15, 0.2) is 0 Å². The van der Waals surface area contributed by atoms with Gasteiger partial charge in [0.05, 0.1) is 37.4 Å². The molecule has 3 fully saturated rings. The number of aryl methyl sites for hydroxylation is 1. The van der Waals surface area contributed by atoms with Gasteiger partial charge >= 0.3 is 0 Å². The van der Waals surface area contributed by atoms with E-state index in [0.29, 0.717) is 19.7 Å². The van der Waals surface area contributed by atoms with E-state index < -0.39 is 48.6 Å². The molecule has 170 valence electrons. The number of hydrogen-bond acceptors (Lipinski definition) is 9. The van der Waals surface area contributed by atoms with E-state index in [1.54, 1.807) is 14.1 Å². The molecule has 5 N–H and O–H groups in total. The molecule has 0 aromatic carbocycles. The highest BCUT2D eigenvalue weighted by Crippen LogP contribution is 2.40. The molecule has 1 aromatic rings. The van der Waals surface area contributed by atoms with E-state index in [-0.39, 0.29) is 6.10 Å². The Morgan fingerprint density at radius 3 is 2.57 bits per heavy atom. The van der Waals surface area contributed by atoms with Crippen molar-refractivity contribution in [2.45, 2.75) is 68.1 Å². The maximum atomic E-state index is 10.8. The van der Waals surface area contributed by atoms with Crippen molar-refractivity contribution in [1.29, 1.82) is 0 Å². The first-order valence-electron chi connectivity index (χ1n) is 10.5. The average Bonchev–Trinajstić information content (AvgIpc) is 3.13. The lowest BCUT2D eigenvalue weighted by atomic mass is 9.80. The highest BCUT2D eigenvalue weighted by atomic mass is 16.8. The van der Waals surface area contributed by atoms with Crippen molar-refractivity contribution in [2.75, 3.05) is 27.2 Å². The molecule has 0 spiro atoms. The van der Waals surface area contributed by atoms with Crippen molar-refractivity contribution in [1.82, 2.24) is 20.5 Å². The summed E-state index contributed by atoms with van der Waals surface area (Å²) in [6.07, 6.45) is -2.10. The first-order valence-corrected chi connectivity index (χ1v) is 10.5. The summed E-state index contributed by atoms with van der Waals surface area (Å²) in [5.74, 6) is -1.18. The van der Waals surface area contributed by atoms with Crippen LogP contribution in [-0.2, 0) is 32.5 Å². The van der Waals surface area contributed by atoms with E-state index in [2.05, 4.69) is 16.0 Å². The van der Waals surface area contributed by atoms with Gasteiger partial charge < -0.3 is 49.7 Å². The second-order valence-electron chi connectivity index (χ2n) is 8.41. The van der Waals surface area contributed by atoms with Crippen LogP contribution in [0.15, 0.2) is 18.3 Å². The molecule has 0 bridgehead atoms. The van der Waals surface area contributed by atoms with Gasteiger partial charge in [-0.2, -0.15) is 0 Å². The summed E-state index contributed by atoms with van der Waals surface area (Å²) in [6, 6.07) is 3.02. The van der Waals surface area contributed by atoms with Crippen molar-refractivity contribution >= 4 is 0 Å². The Bertz CT molecular complexity index is 719. The van der Waals surface area contributed by atoms with Gasteiger partial charge in [-0.05, 0) is 33.2 Å². The second-order valence-corrected chi connectivity index (χ2v) is 8.41. The zero-order chi connectivity index (χ0) is 21.5. The molecule has 2 saturated heterocycles. The number of fused-ring (bicyclic) bond motifs is 2. The first kappa shape index (κ1) is 22.1. The van der Waals surface area contributed by atoms with E-state index in [0.717, 1.165) is 5.69 Å². The Morgan fingerprint density at radius 2 is 1.90 bits per heavy atom. The molecular weight excluding hydrogens is 392 g/mol. The molecule has 1 saturated carbocycles. The lowest BCUT2D eigenvalue weighted by Gasteiger charge is -2.57. The zero-order valence-electron chi connectivity index (χ0n) is 17.9. The summed E-state index contributed by atoms with van der Waals surface area (Å²) >= 11 is 0. The minimum absolute atomic E-state index is 0.164. The molecule has 3 aliphatic rings. The summed E-state index contributed by atoms with van der Waals surface area (Å²) < 4.78 is 26.9. The van der Waals surface area contributed by atoms with Gasteiger partial charge in [0.2, 0.25) is 12.1 Å². The van der Waals surface area contributed by atoms with E-state index in [9.17, 15) is 10.2 Å². The Balaban J connectivity index is 1.55. The number of hydrogen-bond donors (Lipinski definition) is 5. The fourth-order valence-electron chi connectivity index (χ4n) is 4.70. The number of nitrogens with zero attached hydrogens (tertiary/aromatic N) is 1. The summed E-state index contributed by atoms with van der Waals surface area (Å²) in [6.45, 7) is 3.22. The fraction of sp³-hybridized carbons (Fsp3) is 0.800. The molecule has 4 rings (SSSR count). The van der Waals surface area contributed by atoms with Crippen LogP contribution in [0.5, 0.6) is 0 Å². The van der Waals surface area contributed by atoms with Gasteiger partial charge in [-0.1, -0.05) is 0 Å². The number of aliphatic hydroxyl groups excluding tert-OH is 2. The van der Waals surface area contributed by atoms with E-state index >= 15 is 0 Å². The topological polar surface area (TPSA) is 118 Å². The van der Waals surface area contributed by atoms with Crippen molar-refractivity contribution in [3.05, 3.63) is 24.0 Å². The van der Waals surface area contributed by atoms with Crippen molar-refractivity contribution in [3.63, 3.8) is 0 Å². The second kappa shape index (κ2) is 8.81. The molecule has 30 heavy (non-hydrogen) atoms. The maximum Gasteiger partial charge on any atom is 0.234 e. The molecule has 1 aromatic heterocycles. The first-order chi connectivity index (χ1) is 14.4. The van der Waals surface area contributed by atoms with Crippen LogP contribution in [0, 0.1) is 0 Å². The smallest absolute Gasteiger partial charge is 0.234 e. The molecule has 1 aliphatic carbocycles. The van der Waals surface area contributed by atoms with Crippen LogP contribution in [0.4, 0.5) is 0 Å². The summed E-state index contributed by atoms with van der Waals surface area (Å²) in [5, 5.41) is 31.1. The molecule has 9 atom stereocenters. The van der Waals surface area contributed by atoms with Crippen molar-refractivity contribution in [2.24, 2.45) is 7.05 Å². The van der Waals surface area contributed by atoms with Crippen LogP contribution in [0.25, 0.3) is 0 Å². The number of rotatable bonds is 6. The van der Waals surface area contributed by atoms with Crippen LogP contribution >= 0.6 is 0 Å². The third-order valence-corrected chi connectivity index (χ3v) is 6.41. The van der Waals surface area contributed by atoms with Crippen LogP contribution in [0.2, 0.25) is 0 Å². The average molecular weight is 427 g/mol. The largest absolute Gasteiger partial charge is 0.390 e. The number of aromatic nitrogens is 1. The molecule has 9 unspecified atom stereocenters. The van der Waals surface area contributed by atoms with E-state index in [4.69, 9.17) is 18.9 Å². The third-order valence-electron chi connectivity index (χ3n) is 6.41. The minimum Gasteiger partial charge on any atom is -0.390 e. The SMILES string of the molecule is CNC1C(O)C(NC)C2OC3(CNCc4cccn4C)OCC(C)OC3OC2C1O. The molecule has 0 radical (unpaired) electrons. The number of aliphatic hydroxyl groups is 2. The third kappa shape index (κ3) is 3.81. The highest BCUT2D eigenvalue weighted by Gasteiger charge is 2.61. The predicted octanol–water partition coefficient (Wildman–Crippen LogP) is -1.73. The Labute approximate surface area is 176 Å². The summed E-state index contributed by atoms with van der Waals surface area (Å²) in [4.78, 5) is 0. The minimum atomic E-state index is -1.18. The van der Waals surface area contributed by atoms with Gasteiger partial charge in [-0.15, -0.1) is 0 Å². The van der Waals surface area contributed by atoms with Gasteiger partial charge in [-0.3, -0.25) is 0 Å². The number of nitrogens with one attached hydrogen (secondary N) is 3. The molecule has 2 aliphatic heterocycles. The van der Waals surface area contributed by atoms with Gasteiger partial charge in [-0.25, -0.2) is 0 Å². The lowest BCUT2D eigenvalue weighted by molar-refractivity contribution is -0.460. The standard InChI is InChI=1S/C20H34N4O6/c1-11-9-27-20(10-23-8-12-6-5-7-24(12)4)19(28-11)29-18-16(26)13(21-2)15(25)14(22-3)17(18)30-20/h5-7,11,13-19,21-23,25-26H,8-10H2,1-4H3. The van der Waals surface area contributed by atoms with Crippen molar-refractivity contribution < 1.29 is 29.2 Å². The van der Waals surface area contributed by atoms with Gasteiger partial charge in [0.25, 0.3) is 0 Å². The Kier molecular flexibility index (Phi) is 6.50. The van der Waals surface area contributed by atoms with Gasteiger partial charge in [0.1, 0.15) is 18.3 Å². The van der Waals surface area contributed by atoms with E-state index in [1.165, 1.54) is 0 Å². The Hall–Kier alpha value is -1.08. The van der Waals surface area contributed by atoms with Crippen LogP contribution in [-0.4, -0.2) is 96.7 Å². The number of ether oxygens (including phenoxy) is 4. The van der Waals surface area contributed by atoms with Gasteiger partial charge in [0, 0.05) is 25.5 Å². The quantitative estimate of drug-likeness (QED) is 0.362. The van der Waals surface area contributed by atoms with Crippen LogP contribution in [0.3, 0.4) is 0 Å². The van der Waals surface area contributed by atoms with Crippen LogP contribution < -0.4 is 16.0 Å². The fourth-order valence-corrected chi connectivity index (χ4v) is 4.70. The summed E-state index contributed by atoms with van der Waals surface area (Å²) in [7, 11) is 5.45. The predicted molar refractivity (Wildman–Crippen MR) is 108 cm³/mol. The monoisotopic (exact) mass is 426 g/mol. The summed E-state index contributed by atoms with van der Waals surface area (Å²) in [5.41, 5.74) is 1.12.